The summed E-state index contributed by atoms with van der Waals surface area (Å²) in [5, 5.41) is 15.9. The van der Waals surface area contributed by atoms with Gasteiger partial charge >= 0.3 is 0 Å². The van der Waals surface area contributed by atoms with Crippen LogP contribution in [-0.4, -0.2) is 19.6 Å². The number of pyridine rings is 1. The molecule has 0 saturated heterocycles. The van der Waals surface area contributed by atoms with Crippen LogP contribution in [0.15, 0.2) is 186 Å². The topological polar surface area (TPSA) is 64.1 Å². The Hall–Kier alpha value is -7.59. The van der Waals surface area contributed by atoms with Gasteiger partial charge in [-0.05, 0) is 104 Å². The second-order valence-electron chi connectivity index (χ2n) is 18.7. The molecule has 332 valence electrons. The number of aromatic nitrogens is 3. The minimum absolute atomic E-state index is 0. The van der Waals surface area contributed by atoms with Gasteiger partial charge in [-0.2, -0.15) is 0 Å². The van der Waals surface area contributed by atoms with Crippen LogP contribution in [0.3, 0.4) is 0 Å². The van der Waals surface area contributed by atoms with Gasteiger partial charge in [0.2, 0.25) is 0 Å². The average molecular weight is 1060 g/mol. The Morgan fingerprint density at radius 3 is 2.06 bits per heavy atom. The molecule has 3 heterocycles. The predicted molar refractivity (Wildman–Crippen MR) is 277 cm³/mol. The van der Waals surface area contributed by atoms with E-state index in [0.717, 1.165) is 111 Å². The number of phenolic OH excluding ortho intramolecular Hbond substituents is 1. The summed E-state index contributed by atoms with van der Waals surface area (Å²) in [6.07, 6.45) is 0. The fourth-order valence-corrected chi connectivity index (χ4v) is 10.1. The molecule has 0 fully saturated rings. The van der Waals surface area contributed by atoms with Crippen LogP contribution in [-0.2, 0) is 26.5 Å². The van der Waals surface area contributed by atoms with Gasteiger partial charge in [0.25, 0.3) is 0 Å². The van der Waals surface area contributed by atoms with Gasteiger partial charge < -0.3 is 9.52 Å². The Kier molecular flexibility index (Phi) is 10.5. The zero-order valence-electron chi connectivity index (χ0n) is 38.3. The Balaban J connectivity index is 0.00000507. The van der Waals surface area contributed by atoms with Gasteiger partial charge in [0.15, 0.2) is 5.82 Å². The molecule has 12 aromatic rings. The maximum Gasteiger partial charge on any atom is 0.163 e. The van der Waals surface area contributed by atoms with E-state index in [-0.39, 0.29) is 32.2 Å². The standard InChI is InChI=1S/C62H46N3O2.Pt/c1-37-15-11-16-38(2)60(37)65-51-34-32-49(57-45(39-17-7-6-8-18-39)23-14-24-46(57)42-20-12-21-44(35-42)62(3,4)5)55(43-29-31-48-47-22-9-10-26-53(47)67-54(48)36-43)59(51)64-61(65)50-33-30-41-28-27-40-19-13-25-52(66)56(40)58(41)63-50;/h6-28,30-36,66H,1-5H3;/q-1;. The third kappa shape index (κ3) is 7.04. The van der Waals surface area contributed by atoms with Crippen LogP contribution >= 0.6 is 0 Å². The van der Waals surface area contributed by atoms with Crippen molar-refractivity contribution in [1.82, 2.24) is 14.5 Å². The van der Waals surface area contributed by atoms with E-state index in [0.29, 0.717) is 16.9 Å². The monoisotopic (exact) mass is 1060 g/mol. The van der Waals surface area contributed by atoms with Crippen molar-refractivity contribution in [3.05, 3.63) is 205 Å². The van der Waals surface area contributed by atoms with E-state index >= 15 is 0 Å². The van der Waals surface area contributed by atoms with Gasteiger partial charge in [-0.15, -0.1) is 23.8 Å². The van der Waals surface area contributed by atoms with E-state index in [2.05, 4.69) is 185 Å². The third-order valence-corrected chi connectivity index (χ3v) is 13.4. The Morgan fingerprint density at radius 2 is 1.25 bits per heavy atom. The van der Waals surface area contributed by atoms with Crippen molar-refractivity contribution in [2.45, 2.75) is 40.0 Å². The smallest absolute Gasteiger partial charge is 0.163 e. The number of hydrogen-bond donors (Lipinski definition) is 1. The number of fused-ring (bicyclic) bond motifs is 7. The molecule has 0 radical (unpaired) electrons. The van der Waals surface area contributed by atoms with Crippen LogP contribution in [0.5, 0.6) is 5.75 Å². The summed E-state index contributed by atoms with van der Waals surface area (Å²) in [5.41, 5.74) is 17.7. The summed E-state index contributed by atoms with van der Waals surface area (Å²) in [4.78, 5) is 11.2. The number of phenols is 1. The Morgan fingerprint density at radius 1 is 0.559 bits per heavy atom. The van der Waals surface area contributed by atoms with Gasteiger partial charge in [-0.25, -0.2) is 9.97 Å². The van der Waals surface area contributed by atoms with E-state index in [1.54, 1.807) is 6.07 Å². The first kappa shape index (κ1) is 43.0. The van der Waals surface area contributed by atoms with E-state index in [1.165, 1.54) is 5.56 Å². The minimum Gasteiger partial charge on any atom is -0.507 e. The van der Waals surface area contributed by atoms with Crippen LogP contribution in [0.1, 0.15) is 37.5 Å². The van der Waals surface area contributed by atoms with Crippen LogP contribution in [0, 0.1) is 19.9 Å². The first-order valence-corrected chi connectivity index (χ1v) is 22.9. The molecule has 0 spiro atoms. The molecule has 9 aromatic carbocycles. The van der Waals surface area contributed by atoms with Crippen molar-refractivity contribution < 1.29 is 30.6 Å². The number of nitrogens with zero attached hydrogens (tertiary/aromatic N) is 3. The van der Waals surface area contributed by atoms with Gasteiger partial charge in [-0.3, -0.25) is 4.57 Å². The minimum atomic E-state index is -0.0486. The summed E-state index contributed by atoms with van der Waals surface area (Å²) in [5.74, 6) is 0.889. The van der Waals surface area contributed by atoms with Crippen LogP contribution in [0.25, 0.3) is 116 Å². The molecule has 68 heavy (non-hydrogen) atoms. The van der Waals surface area contributed by atoms with E-state index in [4.69, 9.17) is 14.4 Å². The first-order valence-electron chi connectivity index (χ1n) is 22.9. The number of imidazole rings is 1. The number of furan rings is 1. The Labute approximate surface area is 409 Å². The van der Waals surface area contributed by atoms with Crippen LogP contribution in [0.2, 0.25) is 0 Å². The van der Waals surface area contributed by atoms with Crippen LogP contribution < -0.4 is 0 Å². The normalized spacial score (nSPS) is 11.8. The van der Waals surface area contributed by atoms with E-state index in [1.807, 2.05) is 36.4 Å². The predicted octanol–water partition coefficient (Wildman–Crippen LogP) is 16.4. The fraction of sp³-hybridized carbons (Fsp3) is 0.0968. The summed E-state index contributed by atoms with van der Waals surface area (Å²) in [6, 6.07) is 67.3. The maximum atomic E-state index is 11.3. The third-order valence-electron chi connectivity index (χ3n) is 13.4. The van der Waals surface area contributed by atoms with Crippen molar-refractivity contribution in [2.75, 3.05) is 0 Å². The summed E-state index contributed by atoms with van der Waals surface area (Å²) in [6.45, 7) is 11.1. The largest absolute Gasteiger partial charge is 0.507 e. The molecule has 0 aliphatic carbocycles. The molecule has 0 unspecified atom stereocenters. The molecule has 0 amide bonds. The summed E-state index contributed by atoms with van der Waals surface area (Å²) < 4.78 is 8.89. The molecule has 0 aliphatic heterocycles. The van der Waals surface area contributed by atoms with Gasteiger partial charge in [-0.1, -0.05) is 177 Å². The number of rotatable bonds is 6. The Bertz CT molecular complexity index is 3930. The molecular formula is C62H46N3O2Pt-. The van der Waals surface area contributed by atoms with E-state index < -0.39 is 0 Å². The molecular weight excluding hydrogens is 1010 g/mol. The van der Waals surface area contributed by atoms with Crippen LogP contribution in [0.4, 0.5) is 0 Å². The van der Waals surface area contributed by atoms with Crippen molar-refractivity contribution >= 4 is 54.6 Å². The van der Waals surface area contributed by atoms with Crippen molar-refractivity contribution in [2.24, 2.45) is 0 Å². The van der Waals surface area contributed by atoms with Crippen molar-refractivity contribution in [3.8, 4) is 67.5 Å². The molecule has 3 aromatic heterocycles. The van der Waals surface area contributed by atoms with Gasteiger partial charge in [0.1, 0.15) is 17.0 Å². The zero-order valence-corrected chi connectivity index (χ0v) is 40.6. The molecule has 0 aliphatic rings. The van der Waals surface area contributed by atoms with Crippen molar-refractivity contribution in [1.29, 1.82) is 0 Å². The average Bonchev–Trinajstić information content (AvgIpc) is 3.91. The number of aromatic hydroxyl groups is 1. The van der Waals surface area contributed by atoms with Gasteiger partial charge in [0, 0.05) is 31.8 Å². The number of para-hydroxylation sites is 2. The number of aryl methyl sites for hydroxylation is 2. The first-order chi connectivity index (χ1) is 32.6. The molecule has 0 saturated carbocycles. The van der Waals surface area contributed by atoms with Crippen molar-refractivity contribution in [3.63, 3.8) is 0 Å². The summed E-state index contributed by atoms with van der Waals surface area (Å²) in [7, 11) is 0. The molecule has 0 bridgehead atoms. The quantitative estimate of drug-likeness (QED) is 0.133. The van der Waals surface area contributed by atoms with E-state index in [9.17, 15) is 5.11 Å². The molecule has 12 rings (SSSR count). The maximum absolute atomic E-state index is 11.3. The number of hydrogen-bond acceptors (Lipinski definition) is 4. The SMILES string of the molecule is Cc1cccc(C)c1-n1c(-c2ccc3ccc4cccc(O)c4c3n2)nc2c(-c3[c-]cc4c(c3)oc3ccccc34)c(-c3c(-c4ccccc4)cccc3-c3cccc(C(C)(C)C)c3)ccc21.[Pt]. The molecule has 5 nitrogen and oxygen atoms in total. The summed E-state index contributed by atoms with van der Waals surface area (Å²) >= 11 is 0. The molecule has 0 atom stereocenters. The molecule has 1 N–H and O–H groups in total. The number of benzene rings is 9. The molecule has 6 heteroatoms. The second kappa shape index (κ2) is 16.6. The zero-order chi connectivity index (χ0) is 45.6. The second-order valence-corrected chi connectivity index (χ2v) is 18.7. The fourth-order valence-electron chi connectivity index (χ4n) is 10.1. The van der Waals surface area contributed by atoms with Gasteiger partial charge in [0.05, 0.1) is 27.8 Å².